The lowest BCUT2D eigenvalue weighted by Crippen LogP contribution is -2.09. The molecule has 0 radical (unpaired) electrons. The van der Waals surface area contributed by atoms with E-state index in [1.807, 2.05) is 0 Å². The van der Waals surface area contributed by atoms with Crippen LogP contribution in [0.15, 0.2) is 12.1 Å². The van der Waals surface area contributed by atoms with Gasteiger partial charge in [-0.05, 0) is 23.6 Å². The van der Waals surface area contributed by atoms with Crippen LogP contribution in [0.5, 0.6) is 17.2 Å². The third-order valence-electron chi connectivity index (χ3n) is 2.91. The summed E-state index contributed by atoms with van der Waals surface area (Å²) in [5, 5.41) is 9.17. The number of ether oxygens (including phenoxy) is 3. The van der Waals surface area contributed by atoms with Crippen LogP contribution < -0.4 is 14.2 Å². The topological polar surface area (TPSA) is 47.9 Å². The lowest BCUT2D eigenvalue weighted by Gasteiger charge is -2.17. The summed E-state index contributed by atoms with van der Waals surface area (Å²) in [6, 6.07) is 3.52. The van der Waals surface area contributed by atoms with Gasteiger partial charge in [-0.2, -0.15) is 0 Å². The number of methoxy groups -OCH3 is 2. The molecule has 1 N–H and O–H groups in total. The number of rotatable bonds is 7. The standard InChI is InChI=1S/C14H22O4/c1-5-10(2)9-18-14-12(16-3)6-11(8-15)7-13(14)17-4/h6-7,10,15H,5,8-9H2,1-4H3. The first-order chi connectivity index (χ1) is 8.65. The molecule has 0 spiro atoms. The number of aliphatic hydroxyl groups is 1. The van der Waals surface area contributed by atoms with Gasteiger partial charge in [-0.1, -0.05) is 20.3 Å². The zero-order valence-corrected chi connectivity index (χ0v) is 11.5. The molecule has 0 amide bonds. The van der Waals surface area contributed by atoms with Gasteiger partial charge in [0.25, 0.3) is 0 Å². The minimum Gasteiger partial charge on any atom is -0.493 e. The fourth-order valence-corrected chi connectivity index (χ4v) is 1.51. The summed E-state index contributed by atoms with van der Waals surface area (Å²) in [6.07, 6.45) is 1.05. The van der Waals surface area contributed by atoms with E-state index in [0.29, 0.717) is 29.8 Å². The van der Waals surface area contributed by atoms with E-state index in [0.717, 1.165) is 12.0 Å². The molecule has 102 valence electrons. The Balaban J connectivity index is 2.99. The van der Waals surface area contributed by atoms with Crippen LogP contribution in [0, 0.1) is 5.92 Å². The monoisotopic (exact) mass is 254 g/mol. The Kier molecular flexibility index (Phi) is 5.78. The molecule has 0 aliphatic carbocycles. The van der Waals surface area contributed by atoms with Gasteiger partial charge in [-0.25, -0.2) is 0 Å². The zero-order chi connectivity index (χ0) is 13.5. The van der Waals surface area contributed by atoms with E-state index >= 15 is 0 Å². The minimum atomic E-state index is -0.0572. The smallest absolute Gasteiger partial charge is 0.203 e. The van der Waals surface area contributed by atoms with Crippen molar-refractivity contribution in [3.8, 4) is 17.2 Å². The average molecular weight is 254 g/mol. The van der Waals surface area contributed by atoms with E-state index in [9.17, 15) is 5.11 Å². The molecule has 18 heavy (non-hydrogen) atoms. The van der Waals surface area contributed by atoms with Gasteiger partial charge in [-0.3, -0.25) is 0 Å². The Morgan fingerprint density at radius 2 is 1.72 bits per heavy atom. The summed E-state index contributed by atoms with van der Waals surface area (Å²) >= 11 is 0. The molecule has 0 saturated heterocycles. The van der Waals surface area contributed by atoms with Crippen molar-refractivity contribution in [1.82, 2.24) is 0 Å². The first-order valence-corrected chi connectivity index (χ1v) is 6.14. The van der Waals surface area contributed by atoms with Gasteiger partial charge in [0.15, 0.2) is 11.5 Å². The van der Waals surface area contributed by atoms with Crippen molar-refractivity contribution >= 4 is 0 Å². The molecule has 1 aromatic rings. The number of benzene rings is 1. The first-order valence-electron chi connectivity index (χ1n) is 6.14. The van der Waals surface area contributed by atoms with Crippen molar-refractivity contribution in [2.24, 2.45) is 5.92 Å². The van der Waals surface area contributed by atoms with Gasteiger partial charge in [0.2, 0.25) is 5.75 Å². The van der Waals surface area contributed by atoms with Crippen molar-refractivity contribution in [2.75, 3.05) is 20.8 Å². The molecule has 0 heterocycles. The predicted octanol–water partition coefficient (Wildman–Crippen LogP) is 2.62. The summed E-state index contributed by atoms with van der Waals surface area (Å²) in [5.74, 6) is 2.23. The summed E-state index contributed by atoms with van der Waals surface area (Å²) in [5.41, 5.74) is 0.736. The fraction of sp³-hybridized carbons (Fsp3) is 0.571. The molecule has 4 heteroatoms. The molecule has 0 saturated carbocycles. The molecular weight excluding hydrogens is 232 g/mol. The molecule has 0 aliphatic heterocycles. The second-order valence-electron chi connectivity index (χ2n) is 4.31. The van der Waals surface area contributed by atoms with Crippen molar-refractivity contribution in [3.05, 3.63) is 17.7 Å². The third kappa shape index (κ3) is 3.53. The highest BCUT2D eigenvalue weighted by Crippen LogP contribution is 2.38. The highest BCUT2D eigenvalue weighted by Gasteiger charge is 2.14. The predicted molar refractivity (Wildman–Crippen MR) is 70.4 cm³/mol. The van der Waals surface area contributed by atoms with Crippen molar-refractivity contribution in [3.63, 3.8) is 0 Å². The summed E-state index contributed by atoms with van der Waals surface area (Å²) < 4.78 is 16.3. The highest BCUT2D eigenvalue weighted by atomic mass is 16.5. The Bertz CT molecular complexity index is 351. The summed E-state index contributed by atoms with van der Waals surface area (Å²) in [4.78, 5) is 0. The average Bonchev–Trinajstić information content (AvgIpc) is 2.43. The van der Waals surface area contributed by atoms with Crippen LogP contribution in [0.3, 0.4) is 0 Å². The Morgan fingerprint density at radius 3 is 2.11 bits per heavy atom. The maximum Gasteiger partial charge on any atom is 0.203 e. The van der Waals surface area contributed by atoms with Crippen molar-refractivity contribution in [1.29, 1.82) is 0 Å². The Morgan fingerprint density at radius 1 is 1.17 bits per heavy atom. The van der Waals surface area contributed by atoms with E-state index in [2.05, 4.69) is 13.8 Å². The second kappa shape index (κ2) is 7.11. The summed E-state index contributed by atoms with van der Waals surface area (Å²) in [7, 11) is 3.15. The van der Waals surface area contributed by atoms with Crippen LogP contribution in [0.1, 0.15) is 25.8 Å². The van der Waals surface area contributed by atoms with Crippen LogP contribution in [-0.4, -0.2) is 25.9 Å². The fourth-order valence-electron chi connectivity index (χ4n) is 1.51. The van der Waals surface area contributed by atoms with Gasteiger partial charge in [-0.15, -0.1) is 0 Å². The first kappa shape index (κ1) is 14.6. The Labute approximate surface area is 108 Å². The SMILES string of the molecule is CCC(C)COc1c(OC)cc(CO)cc1OC. The molecule has 0 fully saturated rings. The highest BCUT2D eigenvalue weighted by molar-refractivity contribution is 5.53. The van der Waals surface area contributed by atoms with Gasteiger partial charge < -0.3 is 19.3 Å². The number of aliphatic hydroxyl groups excluding tert-OH is 1. The van der Waals surface area contributed by atoms with Gasteiger partial charge in [0, 0.05) is 0 Å². The lowest BCUT2D eigenvalue weighted by atomic mass is 10.1. The largest absolute Gasteiger partial charge is 0.493 e. The van der Waals surface area contributed by atoms with Gasteiger partial charge >= 0.3 is 0 Å². The van der Waals surface area contributed by atoms with Crippen LogP contribution in [-0.2, 0) is 6.61 Å². The van der Waals surface area contributed by atoms with E-state index < -0.39 is 0 Å². The Hall–Kier alpha value is -1.42. The van der Waals surface area contributed by atoms with Gasteiger partial charge in [0.1, 0.15) is 0 Å². The zero-order valence-electron chi connectivity index (χ0n) is 11.5. The van der Waals surface area contributed by atoms with Crippen LogP contribution in [0.2, 0.25) is 0 Å². The maximum absolute atomic E-state index is 9.17. The molecule has 1 rings (SSSR count). The van der Waals surface area contributed by atoms with Gasteiger partial charge in [0.05, 0.1) is 27.4 Å². The number of hydrogen-bond donors (Lipinski definition) is 1. The normalized spacial score (nSPS) is 12.1. The van der Waals surface area contributed by atoms with E-state index in [1.54, 1.807) is 26.4 Å². The molecule has 0 aliphatic rings. The van der Waals surface area contributed by atoms with E-state index in [4.69, 9.17) is 14.2 Å². The minimum absolute atomic E-state index is 0.0572. The molecule has 4 nitrogen and oxygen atoms in total. The summed E-state index contributed by atoms with van der Waals surface area (Å²) in [6.45, 7) is 4.80. The second-order valence-corrected chi connectivity index (χ2v) is 4.31. The quantitative estimate of drug-likeness (QED) is 0.812. The van der Waals surface area contributed by atoms with Crippen LogP contribution >= 0.6 is 0 Å². The maximum atomic E-state index is 9.17. The molecule has 1 unspecified atom stereocenters. The van der Waals surface area contributed by atoms with Crippen molar-refractivity contribution in [2.45, 2.75) is 26.9 Å². The molecule has 0 bridgehead atoms. The molecule has 1 aromatic carbocycles. The van der Waals surface area contributed by atoms with Crippen LogP contribution in [0.25, 0.3) is 0 Å². The lowest BCUT2D eigenvalue weighted by molar-refractivity contribution is 0.231. The van der Waals surface area contributed by atoms with Crippen molar-refractivity contribution < 1.29 is 19.3 Å². The molecule has 0 aromatic heterocycles. The number of hydrogen-bond acceptors (Lipinski definition) is 4. The van der Waals surface area contributed by atoms with Crippen LogP contribution in [0.4, 0.5) is 0 Å². The third-order valence-corrected chi connectivity index (χ3v) is 2.91. The van der Waals surface area contributed by atoms with E-state index in [-0.39, 0.29) is 6.61 Å². The molecular formula is C14H22O4. The molecule has 1 atom stereocenters. The van der Waals surface area contributed by atoms with E-state index in [1.165, 1.54) is 0 Å².